The Labute approximate surface area is 149 Å². The zero-order valence-electron chi connectivity index (χ0n) is 14.5. The van der Waals surface area contributed by atoms with E-state index in [0.717, 1.165) is 5.56 Å². The van der Waals surface area contributed by atoms with E-state index >= 15 is 0 Å². The Morgan fingerprint density at radius 1 is 1.31 bits per heavy atom. The summed E-state index contributed by atoms with van der Waals surface area (Å²) >= 11 is 0. The Morgan fingerprint density at radius 3 is 2.92 bits per heavy atom. The second-order valence-corrected chi connectivity index (χ2v) is 5.72. The van der Waals surface area contributed by atoms with Crippen LogP contribution >= 0.6 is 0 Å². The molecule has 0 atom stereocenters. The van der Waals surface area contributed by atoms with Crippen LogP contribution in [0.2, 0.25) is 0 Å². The first-order valence-electron chi connectivity index (χ1n) is 8.08. The van der Waals surface area contributed by atoms with Crippen LogP contribution in [0.3, 0.4) is 0 Å². The molecule has 134 valence electrons. The third-order valence-corrected chi connectivity index (χ3v) is 3.84. The van der Waals surface area contributed by atoms with Crippen molar-refractivity contribution in [3.63, 3.8) is 0 Å². The van der Waals surface area contributed by atoms with Crippen LogP contribution in [0.25, 0.3) is 11.3 Å². The monoisotopic (exact) mass is 353 g/mol. The molecule has 0 aliphatic carbocycles. The van der Waals surface area contributed by atoms with Gasteiger partial charge in [-0.3, -0.25) is 19.3 Å². The summed E-state index contributed by atoms with van der Waals surface area (Å²) in [5.41, 5.74) is 2.36. The van der Waals surface area contributed by atoms with Crippen LogP contribution < -0.4 is 15.6 Å². The van der Waals surface area contributed by atoms with Gasteiger partial charge in [0.1, 0.15) is 11.4 Å². The summed E-state index contributed by atoms with van der Waals surface area (Å²) in [7, 11) is 1.59. The lowest BCUT2D eigenvalue weighted by molar-refractivity contribution is 0.0947. The van der Waals surface area contributed by atoms with E-state index in [4.69, 9.17) is 4.74 Å². The number of hydrogen-bond acceptors (Lipinski definition) is 5. The summed E-state index contributed by atoms with van der Waals surface area (Å²) in [6.45, 7) is 2.40. The molecule has 2 N–H and O–H groups in total. The van der Waals surface area contributed by atoms with Gasteiger partial charge in [0, 0.05) is 30.4 Å². The quantitative estimate of drug-likeness (QED) is 0.697. The van der Waals surface area contributed by atoms with Crippen molar-refractivity contribution in [2.75, 3.05) is 13.7 Å². The van der Waals surface area contributed by atoms with Crippen molar-refractivity contribution in [2.24, 2.45) is 0 Å². The van der Waals surface area contributed by atoms with Crippen LogP contribution in [0.1, 0.15) is 16.2 Å². The lowest BCUT2D eigenvalue weighted by atomic mass is 10.1. The first-order chi connectivity index (χ1) is 12.6. The Hall–Kier alpha value is -3.42. The Balaban J connectivity index is 1.62. The molecule has 2 aromatic heterocycles. The lowest BCUT2D eigenvalue weighted by Crippen LogP contribution is -2.31. The van der Waals surface area contributed by atoms with Crippen molar-refractivity contribution < 1.29 is 9.53 Å². The fraction of sp³-hybridized carbons (Fsp3) is 0.222. The first-order valence-corrected chi connectivity index (χ1v) is 8.08. The summed E-state index contributed by atoms with van der Waals surface area (Å²) in [6.07, 6.45) is 1.47. The summed E-state index contributed by atoms with van der Waals surface area (Å²) in [5.74, 6) is 0.424. The summed E-state index contributed by atoms with van der Waals surface area (Å²) < 4.78 is 6.64. The fourth-order valence-electron chi connectivity index (χ4n) is 2.44. The molecule has 8 heteroatoms. The van der Waals surface area contributed by atoms with Crippen LogP contribution in [-0.2, 0) is 6.54 Å². The van der Waals surface area contributed by atoms with Crippen molar-refractivity contribution in [1.29, 1.82) is 0 Å². The number of aryl methyl sites for hydroxylation is 1. The van der Waals surface area contributed by atoms with Gasteiger partial charge in [-0.15, -0.1) is 0 Å². The average molecular weight is 353 g/mol. The zero-order chi connectivity index (χ0) is 18.5. The van der Waals surface area contributed by atoms with Gasteiger partial charge in [-0.2, -0.15) is 5.10 Å². The molecule has 0 radical (unpaired) electrons. The molecule has 0 saturated carbocycles. The van der Waals surface area contributed by atoms with Gasteiger partial charge in [0.25, 0.3) is 11.5 Å². The van der Waals surface area contributed by atoms with Crippen molar-refractivity contribution in [1.82, 2.24) is 25.1 Å². The SMILES string of the molecule is COc1cccc(-c2cc(C(=O)NCCn3cnc(C)cc3=O)[nH]n2)c1. The topological polar surface area (TPSA) is 102 Å². The molecular weight excluding hydrogens is 334 g/mol. The molecule has 0 aliphatic heterocycles. The molecule has 8 nitrogen and oxygen atoms in total. The second-order valence-electron chi connectivity index (χ2n) is 5.72. The Kier molecular flexibility index (Phi) is 5.12. The van der Waals surface area contributed by atoms with Crippen LogP contribution in [-0.4, -0.2) is 39.3 Å². The van der Waals surface area contributed by atoms with Crippen molar-refractivity contribution in [2.45, 2.75) is 13.5 Å². The molecule has 3 aromatic rings. The molecule has 0 saturated heterocycles. The molecule has 0 unspecified atom stereocenters. The molecule has 2 heterocycles. The highest BCUT2D eigenvalue weighted by molar-refractivity contribution is 5.93. The number of rotatable bonds is 6. The summed E-state index contributed by atoms with van der Waals surface area (Å²) in [6, 6.07) is 10.5. The minimum absolute atomic E-state index is 0.145. The van der Waals surface area contributed by atoms with Crippen LogP contribution in [0.15, 0.2) is 47.5 Å². The molecule has 0 fully saturated rings. The number of ether oxygens (including phenoxy) is 1. The third kappa shape index (κ3) is 3.97. The number of H-pyrrole nitrogens is 1. The van der Waals surface area contributed by atoms with E-state index in [1.165, 1.54) is 17.0 Å². The number of nitrogens with zero attached hydrogens (tertiary/aromatic N) is 3. The molecule has 1 amide bonds. The lowest BCUT2D eigenvalue weighted by Gasteiger charge is -2.06. The number of aromatic nitrogens is 4. The number of carbonyl (C=O) groups excluding carboxylic acids is 1. The van der Waals surface area contributed by atoms with Crippen molar-refractivity contribution in [3.8, 4) is 17.0 Å². The standard InChI is InChI=1S/C18H19N5O3/c1-12-8-17(24)23(11-20-12)7-6-19-18(25)16-10-15(21-22-16)13-4-3-5-14(9-13)26-2/h3-5,8-11H,6-7H2,1-2H3,(H,19,25)(H,21,22). The number of carbonyl (C=O) groups is 1. The first kappa shape index (κ1) is 17.4. The van der Waals surface area contributed by atoms with Gasteiger partial charge in [0.2, 0.25) is 0 Å². The van der Waals surface area contributed by atoms with Gasteiger partial charge in [-0.05, 0) is 25.1 Å². The molecule has 1 aromatic carbocycles. The fourth-order valence-corrected chi connectivity index (χ4v) is 2.44. The molecule has 3 rings (SSSR count). The Bertz CT molecular complexity index is 977. The number of methoxy groups -OCH3 is 1. The van der Waals surface area contributed by atoms with Gasteiger partial charge in [0.15, 0.2) is 0 Å². The Morgan fingerprint density at radius 2 is 2.15 bits per heavy atom. The van der Waals surface area contributed by atoms with Gasteiger partial charge in [-0.1, -0.05) is 12.1 Å². The van der Waals surface area contributed by atoms with Crippen LogP contribution in [0.5, 0.6) is 5.75 Å². The maximum Gasteiger partial charge on any atom is 0.269 e. The molecular formula is C18H19N5O3. The highest BCUT2D eigenvalue weighted by Crippen LogP contribution is 2.22. The van der Waals surface area contributed by atoms with E-state index in [1.54, 1.807) is 20.1 Å². The van der Waals surface area contributed by atoms with Crippen LogP contribution in [0.4, 0.5) is 0 Å². The minimum atomic E-state index is -0.292. The van der Waals surface area contributed by atoms with E-state index < -0.39 is 0 Å². The second kappa shape index (κ2) is 7.64. The van der Waals surface area contributed by atoms with Gasteiger partial charge in [0.05, 0.1) is 19.1 Å². The van der Waals surface area contributed by atoms with Gasteiger partial charge in [-0.25, -0.2) is 4.98 Å². The minimum Gasteiger partial charge on any atom is -0.497 e. The van der Waals surface area contributed by atoms with Gasteiger partial charge < -0.3 is 10.1 Å². The molecule has 0 bridgehead atoms. The van der Waals surface area contributed by atoms with E-state index in [-0.39, 0.29) is 11.5 Å². The third-order valence-electron chi connectivity index (χ3n) is 3.84. The predicted octanol–water partition coefficient (Wildman–Crippen LogP) is 1.38. The van der Waals surface area contributed by atoms with E-state index in [9.17, 15) is 9.59 Å². The average Bonchev–Trinajstić information content (AvgIpc) is 3.14. The highest BCUT2D eigenvalue weighted by atomic mass is 16.5. The van der Waals surface area contributed by atoms with E-state index in [0.29, 0.717) is 35.9 Å². The smallest absolute Gasteiger partial charge is 0.269 e. The van der Waals surface area contributed by atoms with Crippen LogP contribution in [0, 0.1) is 6.92 Å². The number of aromatic amines is 1. The number of nitrogens with one attached hydrogen (secondary N) is 2. The number of amides is 1. The maximum atomic E-state index is 12.2. The molecule has 0 aliphatic rings. The normalized spacial score (nSPS) is 10.5. The van der Waals surface area contributed by atoms with E-state index in [1.807, 2.05) is 24.3 Å². The molecule has 26 heavy (non-hydrogen) atoms. The molecule has 0 spiro atoms. The van der Waals surface area contributed by atoms with Crippen molar-refractivity contribution >= 4 is 5.91 Å². The van der Waals surface area contributed by atoms with E-state index in [2.05, 4.69) is 20.5 Å². The number of hydrogen-bond donors (Lipinski definition) is 2. The zero-order valence-corrected chi connectivity index (χ0v) is 14.5. The highest BCUT2D eigenvalue weighted by Gasteiger charge is 2.11. The number of benzene rings is 1. The summed E-state index contributed by atoms with van der Waals surface area (Å²) in [4.78, 5) is 28.1. The predicted molar refractivity (Wildman–Crippen MR) is 96.1 cm³/mol. The summed E-state index contributed by atoms with van der Waals surface area (Å²) in [5, 5.41) is 9.65. The van der Waals surface area contributed by atoms with Gasteiger partial charge >= 0.3 is 0 Å². The largest absolute Gasteiger partial charge is 0.497 e. The maximum absolute atomic E-state index is 12.2. The van der Waals surface area contributed by atoms with Crippen molar-refractivity contribution in [3.05, 3.63) is 64.5 Å².